The summed E-state index contributed by atoms with van der Waals surface area (Å²) in [5, 5.41) is 0. The van der Waals surface area contributed by atoms with Gasteiger partial charge in [-0.3, -0.25) is 0 Å². The molecule has 0 bridgehead atoms. The molecule has 0 fully saturated rings. The Balaban J connectivity index is 2.57. The van der Waals surface area contributed by atoms with E-state index in [4.69, 9.17) is 10.5 Å². The first-order chi connectivity index (χ1) is 7.62. The average molecular weight is 223 g/mol. The van der Waals surface area contributed by atoms with Crippen molar-refractivity contribution in [3.63, 3.8) is 0 Å². The monoisotopic (exact) mass is 223 g/mol. The van der Waals surface area contributed by atoms with E-state index in [1.54, 1.807) is 6.07 Å². The number of hydrogen-bond donors (Lipinski definition) is 1. The van der Waals surface area contributed by atoms with Gasteiger partial charge in [0.2, 0.25) is 0 Å². The maximum atomic E-state index is 13.9. The second-order valence-electron chi connectivity index (χ2n) is 4.65. The quantitative estimate of drug-likeness (QED) is 0.836. The zero-order chi connectivity index (χ0) is 11.8. The average Bonchev–Trinajstić information content (AvgIpc) is 2.31. The van der Waals surface area contributed by atoms with Crippen LogP contribution in [0.15, 0.2) is 18.2 Å². The van der Waals surface area contributed by atoms with E-state index in [9.17, 15) is 4.39 Å². The highest BCUT2D eigenvalue weighted by molar-refractivity contribution is 5.38. The first-order valence-corrected chi connectivity index (χ1v) is 5.73. The van der Waals surface area contributed by atoms with E-state index in [1.807, 2.05) is 6.07 Å². The van der Waals surface area contributed by atoms with Gasteiger partial charge >= 0.3 is 0 Å². The number of benzene rings is 1. The van der Waals surface area contributed by atoms with Crippen LogP contribution in [-0.4, -0.2) is 13.2 Å². The summed E-state index contributed by atoms with van der Waals surface area (Å²) in [6.45, 7) is 5.15. The molecule has 1 heterocycles. The van der Waals surface area contributed by atoms with Crippen molar-refractivity contribution in [1.29, 1.82) is 0 Å². The summed E-state index contributed by atoms with van der Waals surface area (Å²) in [7, 11) is 0. The van der Waals surface area contributed by atoms with Crippen LogP contribution in [0, 0.1) is 5.82 Å². The Hall–Kier alpha value is -0.930. The Bertz CT molecular complexity index is 394. The van der Waals surface area contributed by atoms with E-state index in [0.29, 0.717) is 18.7 Å². The van der Waals surface area contributed by atoms with Gasteiger partial charge in [-0.1, -0.05) is 26.0 Å². The molecule has 2 rings (SSSR count). The molecule has 2 atom stereocenters. The van der Waals surface area contributed by atoms with Crippen molar-refractivity contribution in [3.05, 3.63) is 35.1 Å². The van der Waals surface area contributed by atoms with Crippen molar-refractivity contribution < 1.29 is 9.13 Å². The second kappa shape index (κ2) is 4.15. The van der Waals surface area contributed by atoms with Gasteiger partial charge in [-0.25, -0.2) is 4.39 Å². The van der Waals surface area contributed by atoms with Crippen LogP contribution >= 0.6 is 0 Å². The number of ether oxygens (including phenoxy) is 1. The van der Waals surface area contributed by atoms with Crippen molar-refractivity contribution in [1.82, 2.24) is 0 Å². The van der Waals surface area contributed by atoms with Crippen LogP contribution in [0.3, 0.4) is 0 Å². The predicted octanol–water partition coefficient (Wildman–Crippen LogP) is 2.52. The third-order valence-electron chi connectivity index (χ3n) is 3.62. The van der Waals surface area contributed by atoms with Crippen LogP contribution in [-0.2, 0) is 10.2 Å². The Morgan fingerprint density at radius 1 is 1.56 bits per heavy atom. The Labute approximate surface area is 95.6 Å². The molecule has 0 saturated carbocycles. The molecule has 0 aliphatic carbocycles. The molecule has 0 unspecified atom stereocenters. The minimum Gasteiger partial charge on any atom is -0.371 e. The summed E-state index contributed by atoms with van der Waals surface area (Å²) >= 11 is 0. The van der Waals surface area contributed by atoms with E-state index < -0.39 is 0 Å². The smallest absolute Gasteiger partial charge is 0.129 e. The van der Waals surface area contributed by atoms with Crippen LogP contribution in [0.25, 0.3) is 0 Å². The molecule has 0 spiro atoms. The molecule has 2 N–H and O–H groups in total. The van der Waals surface area contributed by atoms with E-state index in [0.717, 1.165) is 12.0 Å². The number of halogens is 1. The second-order valence-corrected chi connectivity index (χ2v) is 4.65. The van der Waals surface area contributed by atoms with Gasteiger partial charge in [0, 0.05) is 17.5 Å². The van der Waals surface area contributed by atoms with Crippen LogP contribution in [0.4, 0.5) is 4.39 Å². The van der Waals surface area contributed by atoms with Gasteiger partial charge < -0.3 is 10.5 Å². The summed E-state index contributed by atoms with van der Waals surface area (Å²) in [5.74, 6) is -0.202. The fourth-order valence-electron chi connectivity index (χ4n) is 2.31. The van der Waals surface area contributed by atoms with Gasteiger partial charge in [-0.2, -0.15) is 0 Å². The number of hydrogen-bond acceptors (Lipinski definition) is 2. The first kappa shape index (κ1) is 11.6. The maximum absolute atomic E-state index is 13.9. The fourth-order valence-corrected chi connectivity index (χ4v) is 2.31. The standard InChI is InChI=1S/C13H18FNO/c1-3-13(2)8-16-11(7-15)12-9(13)5-4-6-10(12)14/h4-6,11H,3,7-8,15H2,1-2H3/t11-,13-/m0/s1. The third kappa shape index (κ3) is 1.64. The fraction of sp³-hybridized carbons (Fsp3) is 0.538. The molecule has 1 aliphatic rings. The Morgan fingerprint density at radius 3 is 2.94 bits per heavy atom. The van der Waals surface area contributed by atoms with E-state index in [2.05, 4.69) is 13.8 Å². The van der Waals surface area contributed by atoms with Crippen LogP contribution in [0.5, 0.6) is 0 Å². The lowest BCUT2D eigenvalue weighted by Crippen LogP contribution is -2.37. The first-order valence-electron chi connectivity index (χ1n) is 5.73. The van der Waals surface area contributed by atoms with Crippen LogP contribution in [0.2, 0.25) is 0 Å². The van der Waals surface area contributed by atoms with Crippen molar-refractivity contribution >= 4 is 0 Å². The highest BCUT2D eigenvalue weighted by Gasteiger charge is 2.36. The lowest BCUT2D eigenvalue weighted by atomic mass is 9.75. The zero-order valence-electron chi connectivity index (χ0n) is 9.79. The normalized spacial score (nSPS) is 28.9. The minimum absolute atomic E-state index is 0.0941. The molecular weight excluding hydrogens is 205 g/mol. The molecule has 88 valence electrons. The van der Waals surface area contributed by atoms with Gasteiger partial charge in [0.1, 0.15) is 5.82 Å². The van der Waals surface area contributed by atoms with E-state index >= 15 is 0 Å². The summed E-state index contributed by atoms with van der Waals surface area (Å²) in [6.07, 6.45) is 0.636. The molecular formula is C13H18FNO. The van der Waals surface area contributed by atoms with Crippen molar-refractivity contribution in [2.75, 3.05) is 13.2 Å². The van der Waals surface area contributed by atoms with Gasteiger partial charge in [-0.05, 0) is 18.1 Å². The van der Waals surface area contributed by atoms with E-state index in [-0.39, 0.29) is 17.3 Å². The largest absolute Gasteiger partial charge is 0.371 e. The SMILES string of the molecule is CC[C@@]1(C)CO[C@@H](CN)c2c(F)cccc21. The lowest BCUT2D eigenvalue weighted by Gasteiger charge is -2.38. The van der Waals surface area contributed by atoms with Crippen LogP contribution in [0.1, 0.15) is 37.5 Å². The van der Waals surface area contributed by atoms with E-state index in [1.165, 1.54) is 6.07 Å². The molecule has 1 aromatic rings. The summed E-state index contributed by atoms with van der Waals surface area (Å²) in [5.41, 5.74) is 7.24. The number of nitrogens with two attached hydrogens (primary N) is 1. The Morgan fingerprint density at radius 2 is 2.31 bits per heavy atom. The molecule has 3 heteroatoms. The van der Waals surface area contributed by atoms with Gasteiger partial charge in [0.15, 0.2) is 0 Å². The number of rotatable bonds is 2. The molecule has 16 heavy (non-hydrogen) atoms. The Kier molecular flexibility index (Phi) is 3.00. The summed E-state index contributed by atoms with van der Waals surface area (Å²) < 4.78 is 19.5. The molecule has 2 nitrogen and oxygen atoms in total. The number of fused-ring (bicyclic) bond motifs is 1. The zero-order valence-corrected chi connectivity index (χ0v) is 9.79. The van der Waals surface area contributed by atoms with Gasteiger partial charge in [-0.15, -0.1) is 0 Å². The molecule has 1 aliphatic heterocycles. The van der Waals surface area contributed by atoms with Crippen LogP contribution < -0.4 is 5.73 Å². The minimum atomic E-state index is -0.296. The summed E-state index contributed by atoms with van der Waals surface area (Å²) in [6, 6.07) is 5.24. The highest BCUT2D eigenvalue weighted by atomic mass is 19.1. The summed E-state index contributed by atoms with van der Waals surface area (Å²) in [4.78, 5) is 0. The van der Waals surface area contributed by atoms with Crippen molar-refractivity contribution in [2.45, 2.75) is 31.8 Å². The lowest BCUT2D eigenvalue weighted by molar-refractivity contribution is 0.00350. The van der Waals surface area contributed by atoms with Crippen molar-refractivity contribution in [3.8, 4) is 0 Å². The van der Waals surface area contributed by atoms with Gasteiger partial charge in [0.05, 0.1) is 12.7 Å². The third-order valence-corrected chi connectivity index (χ3v) is 3.62. The maximum Gasteiger partial charge on any atom is 0.129 e. The highest BCUT2D eigenvalue weighted by Crippen LogP contribution is 2.40. The molecule has 0 radical (unpaired) electrons. The topological polar surface area (TPSA) is 35.2 Å². The molecule has 0 saturated heterocycles. The van der Waals surface area contributed by atoms with Gasteiger partial charge in [0.25, 0.3) is 0 Å². The molecule has 0 amide bonds. The van der Waals surface area contributed by atoms with Crippen molar-refractivity contribution in [2.24, 2.45) is 5.73 Å². The molecule has 0 aromatic heterocycles. The predicted molar refractivity (Wildman–Crippen MR) is 61.8 cm³/mol. The molecule has 1 aromatic carbocycles.